The highest BCUT2D eigenvalue weighted by molar-refractivity contribution is 7.90. The van der Waals surface area contributed by atoms with Gasteiger partial charge in [-0.3, -0.25) is 9.88 Å². The Kier molecular flexibility index (Phi) is 5.36. The van der Waals surface area contributed by atoms with Crippen molar-refractivity contribution in [1.29, 1.82) is 0 Å². The molecule has 3 heterocycles. The number of ether oxygens (including phenoxy) is 1. The molecule has 0 amide bonds. The fourth-order valence-electron chi connectivity index (χ4n) is 3.84. The molecular formula is C25H23N3O3S. The molecule has 0 aliphatic carbocycles. The molecule has 162 valence electrons. The molecule has 0 bridgehead atoms. The maximum Gasteiger partial charge on any atom is 0.192 e. The summed E-state index contributed by atoms with van der Waals surface area (Å²) >= 11 is 0. The second-order valence-electron chi connectivity index (χ2n) is 8.11. The smallest absolute Gasteiger partial charge is 0.192 e. The van der Waals surface area contributed by atoms with E-state index in [0.717, 1.165) is 59.4 Å². The van der Waals surface area contributed by atoms with E-state index in [4.69, 9.17) is 9.72 Å². The predicted molar refractivity (Wildman–Crippen MR) is 124 cm³/mol. The van der Waals surface area contributed by atoms with Gasteiger partial charge in [0.2, 0.25) is 0 Å². The molecule has 1 aliphatic rings. The second-order valence-corrected chi connectivity index (χ2v) is 10.1. The minimum absolute atomic E-state index is 0.0784. The van der Waals surface area contributed by atoms with Crippen molar-refractivity contribution < 1.29 is 13.2 Å². The van der Waals surface area contributed by atoms with Gasteiger partial charge in [-0.1, -0.05) is 36.4 Å². The van der Waals surface area contributed by atoms with Crippen molar-refractivity contribution >= 4 is 20.7 Å². The molecule has 0 spiro atoms. The fraction of sp³-hybridized carbons (Fsp3) is 0.200. The lowest BCUT2D eigenvalue weighted by atomic mass is 10.1. The number of pyridine rings is 2. The molecule has 1 aliphatic heterocycles. The van der Waals surface area contributed by atoms with Crippen LogP contribution >= 0.6 is 0 Å². The van der Waals surface area contributed by atoms with Crippen LogP contribution in [0.4, 0.5) is 0 Å². The predicted octanol–water partition coefficient (Wildman–Crippen LogP) is 3.96. The standard InChI is InChI=1S/C25H23N3O3S/c1-32(29,30)25-13-9-20(14-26-25)18-7-11-22(12-8-18)31-23-16-28(17-23)15-21-10-6-19-4-2-3-5-24(19)27-21/h2-14,23H,15-17H2,1H3. The van der Waals surface area contributed by atoms with Gasteiger partial charge >= 0.3 is 0 Å². The lowest BCUT2D eigenvalue weighted by Crippen LogP contribution is -2.53. The van der Waals surface area contributed by atoms with Crippen LogP contribution in [0.1, 0.15) is 5.69 Å². The molecule has 1 fully saturated rings. The van der Waals surface area contributed by atoms with E-state index in [0.29, 0.717) is 0 Å². The number of rotatable bonds is 6. The van der Waals surface area contributed by atoms with E-state index in [9.17, 15) is 8.42 Å². The minimum Gasteiger partial charge on any atom is -0.488 e. The van der Waals surface area contributed by atoms with Crippen molar-refractivity contribution in [2.75, 3.05) is 19.3 Å². The van der Waals surface area contributed by atoms with Crippen LogP contribution in [0.15, 0.2) is 84.0 Å². The van der Waals surface area contributed by atoms with E-state index in [1.54, 1.807) is 12.3 Å². The SMILES string of the molecule is CS(=O)(=O)c1ccc(-c2ccc(OC3CN(Cc4ccc5ccccc5n4)C3)cc2)cn1. The average Bonchev–Trinajstić information content (AvgIpc) is 2.77. The van der Waals surface area contributed by atoms with Crippen LogP contribution in [-0.2, 0) is 16.4 Å². The summed E-state index contributed by atoms with van der Waals surface area (Å²) in [7, 11) is -3.29. The number of hydrogen-bond acceptors (Lipinski definition) is 6. The summed E-state index contributed by atoms with van der Waals surface area (Å²) in [4.78, 5) is 11.1. The zero-order valence-electron chi connectivity index (χ0n) is 17.7. The zero-order chi connectivity index (χ0) is 22.1. The number of benzene rings is 2. The Balaban J connectivity index is 1.15. The quantitative estimate of drug-likeness (QED) is 0.447. The van der Waals surface area contributed by atoms with Crippen LogP contribution in [0.2, 0.25) is 0 Å². The Morgan fingerprint density at radius 1 is 0.938 bits per heavy atom. The third-order valence-corrected chi connectivity index (χ3v) is 6.57. The van der Waals surface area contributed by atoms with Crippen LogP contribution in [0.25, 0.3) is 22.0 Å². The van der Waals surface area contributed by atoms with Crippen LogP contribution < -0.4 is 4.74 Å². The first-order chi connectivity index (χ1) is 15.4. The van der Waals surface area contributed by atoms with E-state index in [-0.39, 0.29) is 11.1 Å². The van der Waals surface area contributed by atoms with Gasteiger partial charge in [-0.2, -0.15) is 0 Å². The third kappa shape index (κ3) is 4.49. The summed E-state index contributed by atoms with van der Waals surface area (Å²) in [6.45, 7) is 2.56. The number of likely N-dealkylation sites (tertiary alicyclic amines) is 1. The van der Waals surface area contributed by atoms with Crippen LogP contribution in [0.3, 0.4) is 0 Å². The highest BCUT2D eigenvalue weighted by Gasteiger charge is 2.28. The molecule has 1 saturated heterocycles. The monoisotopic (exact) mass is 445 g/mol. The molecule has 32 heavy (non-hydrogen) atoms. The van der Waals surface area contributed by atoms with Gasteiger partial charge in [0, 0.05) is 43.0 Å². The number of fused-ring (bicyclic) bond motifs is 1. The van der Waals surface area contributed by atoms with Crippen LogP contribution in [0.5, 0.6) is 5.75 Å². The lowest BCUT2D eigenvalue weighted by Gasteiger charge is -2.38. The van der Waals surface area contributed by atoms with E-state index in [1.165, 1.54) is 6.07 Å². The highest BCUT2D eigenvalue weighted by Crippen LogP contribution is 2.25. The Bertz CT molecular complexity index is 1350. The molecule has 0 N–H and O–H groups in total. The molecule has 4 aromatic rings. The van der Waals surface area contributed by atoms with Crippen molar-refractivity contribution in [2.24, 2.45) is 0 Å². The van der Waals surface area contributed by atoms with Gasteiger partial charge in [-0.05, 0) is 42.0 Å². The molecule has 2 aromatic heterocycles. The largest absolute Gasteiger partial charge is 0.488 e. The summed E-state index contributed by atoms with van der Waals surface area (Å²) in [5.74, 6) is 0.822. The van der Waals surface area contributed by atoms with E-state index >= 15 is 0 Å². The first kappa shape index (κ1) is 20.6. The Morgan fingerprint density at radius 3 is 2.41 bits per heavy atom. The lowest BCUT2D eigenvalue weighted by molar-refractivity contribution is 0.0139. The van der Waals surface area contributed by atoms with Gasteiger partial charge in [0.25, 0.3) is 0 Å². The van der Waals surface area contributed by atoms with Crippen molar-refractivity contribution in [3.63, 3.8) is 0 Å². The van der Waals surface area contributed by atoms with Crippen LogP contribution in [-0.4, -0.2) is 48.7 Å². The number of aromatic nitrogens is 2. The summed E-state index contributed by atoms with van der Waals surface area (Å²) in [6, 6.07) is 23.5. The second kappa shape index (κ2) is 8.33. The van der Waals surface area contributed by atoms with E-state index < -0.39 is 9.84 Å². The molecule has 0 saturated carbocycles. The fourth-order valence-corrected chi connectivity index (χ4v) is 4.40. The Hall–Kier alpha value is -3.29. The summed E-state index contributed by atoms with van der Waals surface area (Å²) in [5.41, 5.74) is 3.92. The van der Waals surface area contributed by atoms with Gasteiger partial charge < -0.3 is 4.74 Å². The topological polar surface area (TPSA) is 72.4 Å². The maximum atomic E-state index is 11.6. The molecule has 0 unspecified atom stereocenters. The molecule has 7 heteroatoms. The molecule has 5 rings (SSSR count). The average molecular weight is 446 g/mol. The summed E-state index contributed by atoms with van der Waals surface area (Å²) in [6.07, 6.45) is 2.90. The summed E-state index contributed by atoms with van der Waals surface area (Å²) < 4.78 is 29.2. The molecular weight excluding hydrogens is 422 g/mol. The number of sulfone groups is 1. The number of para-hydroxylation sites is 1. The van der Waals surface area contributed by atoms with Gasteiger partial charge in [-0.25, -0.2) is 13.4 Å². The van der Waals surface area contributed by atoms with Gasteiger partial charge in [-0.15, -0.1) is 0 Å². The number of nitrogens with zero attached hydrogens (tertiary/aromatic N) is 3. The van der Waals surface area contributed by atoms with Gasteiger partial charge in [0.1, 0.15) is 11.9 Å². The molecule has 2 aromatic carbocycles. The van der Waals surface area contributed by atoms with E-state index in [2.05, 4.69) is 28.1 Å². The maximum absolute atomic E-state index is 11.6. The first-order valence-corrected chi connectivity index (χ1v) is 12.3. The van der Waals surface area contributed by atoms with Crippen molar-refractivity contribution in [1.82, 2.24) is 14.9 Å². The first-order valence-electron chi connectivity index (χ1n) is 10.4. The Morgan fingerprint density at radius 2 is 1.69 bits per heavy atom. The highest BCUT2D eigenvalue weighted by atomic mass is 32.2. The molecule has 0 atom stereocenters. The molecule has 0 radical (unpaired) electrons. The van der Waals surface area contributed by atoms with Crippen molar-refractivity contribution in [3.05, 3.63) is 84.7 Å². The number of hydrogen-bond donors (Lipinski definition) is 0. The summed E-state index contributed by atoms with van der Waals surface area (Å²) in [5, 5.41) is 1.24. The van der Waals surface area contributed by atoms with E-state index in [1.807, 2.05) is 42.5 Å². The molecule has 6 nitrogen and oxygen atoms in total. The Labute approximate surface area is 187 Å². The minimum atomic E-state index is -3.29. The van der Waals surface area contributed by atoms with Crippen molar-refractivity contribution in [2.45, 2.75) is 17.7 Å². The zero-order valence-corrected chi connectivity index (χ0v) is 18.5. The van der Waals surface area contributed by atoms with Gasteiger partial charge in [0.05, 0.1) is 11.2 Å². The van der Waals surface area contributed by atoms with Crippen LogP contribution in [0, 0.1) is 0 Å². The third-order valence-electron chi connectivity index (χ3n) is 5.57. The van der Waals surface area contributed by atoms with Crippen molar-refractivity contribution in [3.8, 4) is 16.9 Å². The normalized spacial score (nSPS) is 14.9. The van der Waals surface area contributed by atoms with Gasteiger partial charge in [0.15, 0.2) is 14.9 Å².